The van der Waals surface area contributed by atoms with Gasteiger partial charge in [-0.05, 0) is 55.2 Å². The first-order valence-electron chi connectivity index (χ1n) is 9.08. The third-order valence-corrected chi connectivity index (χ3v) is 4.60. The molecule has 144 valence electrons. The number of carbonyl (C=O) groups is 1. The molecule has 1 aliphatic rings. The lowest BCUT2D eigenvalue weighted by Gasteiger charge is -2.21. The number of ether oxygens (including phenoxy) is 3. The molecule has 2 aromatic rings. The molecule has 1 unspecified atom stereocenters. The minimum absolute atomic E-state index is 0.0822. The van der Waals surface area contributed by atoms with Crippen molar-refractivity contribution in [2.24, 2.45) is 0 Å². The van der Waals surface area contributed by atoms with Crippen molar-refractivity contribution in [2.45, 2.75) is 32.4 Å². The van der Waals surface area contributed by atoms with Gasteiger partial charge in [-0.2, -0.15) is 0 Å². The van der Waals surface area contributed by atoms with E-state index in [1.807, 2.05) is 37.3 Å². The monoisotopic (exact) mass is 370 g/mol. The summed E-state index contributed by atoms with van der Waals surface area (Å²) in [6, 6.07) is 13.8. The van der Waals surface area contributed by atoms with Crippen LogP contribution in [0, 0.1) is 0 Å². The summed E-state index contributed by atoms with van der Waals surface area (Å²) in [6.45, 7) is 2.78. The third kappa shape index (κ3) is 5.06. The van der Waals surface area contributed by atoms with Crippen molar-refractivity contribution in [3.8, 4) is 17.2 Å². The lowest BCUT2D eigenvalue weighted by Crippen LogP contribution is -2.41. The Balaban J connectivity index is 1.45. The summed E-state index contributed by atoms with van der Waals surface area (Å²) in [5.41, 5.74) is 2.23. The predicted molar refractivity (Wildman–Crippen MR) is 103 cm³/mol. The molecule has 1 heterocycles. The maximum absolute atomic E-state index is 12.4. The topological polar surface area (TPSA) is 60.0 Å². The van der Waals surface area contributed by atoms with Crippen molar-refractivity contribution >= 4 is 6.03 Å². The molecule has 27 heavy (non-hydrogen) atoms. The molecule has 1 atom stereocenters. The molecule has 0 spiro atoms. The van der Waals surface area contributed by atoms with Crippen LogP contribution in [0.2, 0.25) is 0 Å². The number of aryl methyl sites for hydroxylation is 1. The van der Waals surface area contributed by atoms with E-state index in [-0.39, 0.29) is 18.9 Å². The Morgan fingerprint density at radius 1 is 1.15 bits per heavy atom. The van der Waals surface area contributed by atoms with Gasteiger partial charge in [0.2, 0.25) is 6.79 Å². The second-order valence-electron chi connectivity index (χ2n) is 6.78. The van der Waals surface area contributed by atoms with Crippen molar-refractivity contribution in [3.05, 3.63) is 53.6 Å². The normalized spacial score (nSPS) is 13.1. The molecule has 0 bridgehead atoms. The summed E-state index contributed by atoms with van der Waals surface area (Å²) in [7, 11) is 3.45. The summed E-state index contributed by atoms with van der Waals surface area (Å²) in [6.07, 6.45) is 1.77. The number of fused-ring (bicyclic) bond motifs is 1. The van der Waals surface area contributed by atoms with E-state index in [4.69, 9.17) is 14.2 Å². The summed E-state index contributed by atoms with van der Waals surface area (Å²) in [5.74, 6) is 2.33. The van der Waals surface area contributed by atoms with Gasteiger partial charge in [-0.25, -0.2) is 4.79 Å². The molecule has 0 radical (unpaired) electrons. The third-order valence-electron chi connectivity index (χ3n) is 4.60. The van der Waals surface area contributed by atoms with Crippen LogP contribution in [-0.2, 0) is 13.0 Å². The number of hydrogen-bond donors (Lipinski definition) is 1. The Labute approximate surface area is 160 Å². The van der Waals surface area contributed by atoms with Gasteiger partial charge in [0.05, 0.1) is 7.11 Å². The quantitative estimate of drug-likeness (QED) is 0.809. The van der Waals surface area contributed by atoms with Crippen LogP contribution in [0.25, 0.3) is 0 Å². The maximum Gasteiger partial charge on any atom is 0.317 e. The Bertz CT molecular complexity index is 776. The van der Waals surface area contributed by atoms with E-state index in [9.17, 15) is 4.79 Å². The van der Waals surface area contributed by atoms with E-state index in [1.54, 1.807) is 19.1 Å². The van der Waals surface area contributed by atoms with Gasteiger partial charge in [0.25, 0.3) is 0 Å². The smallest absolute Gasteiger partial charge is 0.317 e. The molecule has 0 aliphatic carbocycles. The van der Waals surface area contributed by atoms with Gasteiger partial charge in [0.1, 0.15) is 5.75 Å². The highest BCUT2D eigenvalue weighted by atomic mass is 16.7. The van der Waals surface area contributed by atoms with Gasteiger partial charge in [0.15, 0.2) is 11.5 Å². The Hall–Kier alpha value is -2.89. The molecule has 2 amide bonds. The summed E-state index contributed by atoms with van der Waals surface area (Å²) < 4.78 is 15.9. The molecule has 3 rings (SSSR count). The fraction of sp³-hybridized carbons (Fsp3) is 0.381. The zero-order valence-electron chi connectivity index (χ0n) is 16.0. The van der Waals surface area contributed by atoms with Crippen LogP contribution in [0.15, 0.2) is 42.5 Å². The fourth-order valence-corrected chi connectivity index (χ4v) is 2.95. The average molecular weight is 370 g/mol. The van der Waals surface area contributed by atoms with Crippen molar-refractivity contribution in [2.75, 3.05) is 21.0 Å². The molecular formula is C21H26N2O4. The van der Waals surface area contributed by atoms with Gasteiger partial charge in [-0.1, -0.05) is 18.2 Å². The highest BCUT2D eigenvalue weighted by molar-refractivity contribution is 5.74. The SMILES string of the molecule is COc1ccc(CCC(C)NC(=O)N(C)Cc2ccc3c(c2)OCO3)cc1. The lowest BCUT2D eigenvalue weighted by molar-refractivity contribution is 0.174. The van der Waals surface area contributed by atoms with Crippen LogP contribution >= 0.6 is 0 Å². The van der Waals surface area contributed by atoms with Crippen molar-refractivity contribution in [1.29, 1.82) is 0 Å². The van der Waals surface area contributed by atoms with E-state index in [0.717, 1.165) is 35.7 Å². The van der Waals surface area contributed by atoms with Gasteiger partial charge in [-0.3, -0.25) is 0 Å². The molecule has 0 saturated carbocycles. The first-order valence-corrected chi connectivity index (χ1v) is 9.08. The van der Waals surface area contributed by atoms with Crippen LogP contribution in [0.3, 0.4) is 0 Å². The van der Waals surface area contributed by atoms with Crippen molar-refractivity contribution in [3.63, 3.8) is 0 Å². The molecule has 1 N–H and O–H groups in total. The molecular weight excluding hydrogens is 344 g/mol. The number of urea groups is 1. The van der Waals surface area contributed by atoms with Crippen LogP contribution < -0.4 is 19.5 Å². The number of amides is 2. The van der Waals surface area contributed by atoms with E-state index in [0.29, 0.717) is 6.54 Å². The molecule has 0 aromatic heterocycles. The van der Waals surface area contributed by atoms with Crippen LogP contribution in [0.5, 0.6) is 17.2 Å². The highest BCUT2D eigenvalue weighted by Gasteiger charge is 2.16. The molecule has 1 aliphatic heterocycles. The lowest BCUT2D eigenvalue weighted by atomic mass is 10.1. The maximum atomic E-state index is 12.4. The largest absolute Gasteiger partial charge is 0.497 e. The van der Waals surface area contributed by atoms with E-state index < -0.39 is 0 Å². The first-order chi connectivity index (χ1) is 13.0. The number of methoxy groups -OCH3 is 1. The molecule has 2 aromatic carbocycles. The minimum Gasteiger partial charge on any atom is -0.497 e. The molecule has 0 fully saturated rings. The average Bonchev–Trinajstić information content (AvgIpc) is 3.14. The van der Waals surface area contributed by atoms with Gasteiger partial charge in [0, 0.05) is 19.6 Å². The van der Waals surface area contributed by atoms with Crippen molar-refractivity contribution in [1.82, 2.24) is 10.2 Å². The Morgan fingerprint density at radius 3 is 2.59 bits per heavy atom. The van der Waals surface area contributed by atoms with Crippen LogP contribution in [0.4, 0.5) is 4.79 Å². The van der Waals surface area contributed by atoms with Gasteiger partial charge in [-0.15, -0.1) is 0 Å². The molecule has 6 heteroatoms. The van der Waals surface area contributed by atoms with E-state index in [1.165, 1.54) is 5.56 Å². The Morgan fingerprint density at radius 2 is 1.85 bits per heavy atom. The number of carbonyl (C=O) groups excluding carboxylic acids is 1. The number of nitrogens with one attached hydrogen (secondary N) is 1. The molecule has 0 saturated heterocycles. The summed E-state index contributed by atoms with van der Waals surface area (Å²) >= 11 is 0. The molecule has 6 nitrogen and oxygen atoms in total. The van der Waals surface area contributed by atoms with Gasteiger partial charge >= 0.3 is 6.03 Å². The van der Waals surface area contributed by atoms with Gasteiger partial charge < -0.3 is 24.4 Å². The summed E-state index contributed by atoms with van der Waals surface area (Å²) in [5, 5.41) is 3.05. The summed E-state index contributed by atoms with van der Waals surface area (Å²) in [4.78, 5) is 14.1. The van der Waals surface area contributed by atoms with Crippen LogP contribution in [-0.4, -0.2) is 37.9 Å². The second-order valence-corrected chi connectivity index (χ2v) is 6.78. The van der Waals surface area contributed by atoms with E-state index in [2.05, 4.69) is 17.4 Å². The number of benzene rings is 2. The standard InChI is InChI=1S/C21H26N2O4/c1-15(4-5-16-6-9-18(25-3)10-7-16)22-21(24)23(2)13-17-8-11-19-20(12-17)27-14-26-19/h6-12,15H,4-5,13-14H2,1-3H3,(H,22,24). The first kappa shape index (κ1) is 18.9. The number of rotatable bonds is 7. The second kappa shape index (κ2) is 8.66. The number of hydrogen-bond acceptors (Lipinski definition) is 4. The van der Waals surface area contributed by atoms with Crippen molar-refractivity contribution < 1.29 is 19.0 Å². The zero-order valence-corrected chi connectivity index (χ0v) is 16.0. The zero-order chi connectivity index (χ0) is 19.2. The van der Waals surface area contributed by atoms with Crippen LogP contribution in [0.1, 0.15) is 24.5 Å². The fourth-order valence-electron chi connectivity index (χ4n) is 2.95. The predicted octanol–water partition coefficient (Wildman–Crippen LogP) is 3.59. The highest BCUT2D eigenvalue weighted by Crippen LogP contribution is 2.32. The number of nitrogens with zero attached hydrogens (tertiary/aromatic N) is 1. The van der Waals surface area contributed by atoms with E-state index >= 15 is 0 Å². The Kier molecular flexibility index (Phi) is 6.06. The minimum atomic E-state index is -0.0881.